The topological polar surface area (TPSA) is 44.5 Å². The first-order chi connectivity index (χ1) is 12.2. The lowest BCUT2D eigenvalue weighted by molar-refractivity contribution is 0.307. The minimum absolute atomic E-state index is 0.435. The largest absolute Gasteiger partial charge is 0.496 e. The van der Waals surface area contributed by atoms with Crippen LogP contribution in [0.1, 0.15) is 16.7 Å². The summed E-state index contributed by atoms with van der Waals surface area (Å²) < 4.78 is 11.6. The average Bonchev–Trinajstić information content (AvgIpc) is 2.66. The highest BCUT2D eigenvalue weighted by molar-refractivity contribution is 5.73. The SMILES string of the molecule is COc1c(C)cc(-c2ccccc2OCc2ccccc2)cc1CN. The van der Waals surface area contributed by atoms with E-state index in [-0.39, 0.29) is 0 Å². The third kappa shape index (κ3) is 3.83. The summed E-state index contributed by atoms with van der Waals surface area (Å²) in [6, 6.07) is 22.4. The summed E-state index contributed by atoms with van der Waals surface area (Å²) in [5.41, 5.74) is 11.3. The first-order valence-electron chi connectivity index (χ1n) is 8.36. The van der Waals surface area contributed by atoms with Gasteiger partial charge in [-0.1, -0.05) is 48.5 Å². The van der Waals surface area contributed by atoms with Gasteiger partial charge in [-0.15, -0.1) is 0 Å². The highest BCUT2D eigenvalue weighted by atomic mass is 16.5. The zero-order chi connectivity index (χ0) is 17.6. The van der Waals surface area contributed by atoms with Gasteiger partial charge < -0.3 is 15.2 Å². The van der Waals surface area contributed by atoms with E-state index in [1.165, 1.54) is 0 Å². The average molecular weight is 333 g/mol. The Labute approximate surface area is 149 Å². The first-order valence-corrected chi connectivity index (χ1v) is 8.36. The second kappa shape index (κ2) is 7.86. The Hall–Kier alpha value is -2.78. The fourth-order valence-electron chi connectivity index (χ4n) is 3.01. The summed E-state index contributed by atoms with van der Waals surface area (Å²) in [6.45, 7) is 3.01. The summed E-state index contributed by atoms with van der Waals surface area (Å²) >= 11 is 0. The molecule has 0 radical (unpaired) electrons. The Morgan fingerprint density at radius 2 is 1.64 bits per heavy atom. The van der Waals surface area contributed by atoms with E-state index in [0.717, 1.165) is 39.3 Å². The number of hydrogen-bond acceptors (Lipinski definition) is 3. The summed E-state index contributed by atoms with van der Waals surface area (Å²) in [5.74, 6) is 1.72. The van der Waals surface area contributed by atoms with Crippen LogP contribution in [0.15, 0.2) is 66.7 Å². The van der Waals surface area contributed by atoms with Gasteiger partial charge in [0.25, 0.3) is 0 Å². The van der Waals surface area contributed by atoms with E-state index in [2.05, 4.69) is 30.3 Å². The molecule has 0 atom stereocenters. The molecule has 0 bridgehead atoms. The summed E-state index contributed by atoms with van der Waals surface area (Å²) in [6.07, 6.45) is 0. The summed E-state index contributed by atoms with van der Waals surface area (Å²) in [4.78, 5) is 0. The highest BCUT2D eigenvalue weighted by Crippen LogP contribution is 2.35. The van der Waals surface area contributed by atoms with Crippen molar-refractivity contribution in [1.29, 1.82) is 0 Å². The Kier molecular flexibility index (Phi) is 5.36. The second-order valence-electron chi connectivity index (χ2n) is 5.96. The summed E-state index contributed by atoms with van der Waals surface area (Å²) in [7, 11) is 1.68. The van der Waals surface area contributed by atoms with Gasteiger partial charge in [-0.2, -0.15) is 0 Å². The van der Waals surface area contributed by atoms with Crippen molar-refractivity contribution in [2.24, 2.45) is 5.73 Å². The zero-order valence-corrected chi connectivity index (χ0v) is 14.7. The normalized spacial score (nSPS) is 10.5. The van der Waals surface area contributed by atoms with Crippen LogP contribution in [0.4, 0.5) is 0 Å². The van der Waals surface area contributed by atoms with Crippen LogP contribution in [0.3, 0.4) is 0 Å². The number of ether oxygens (including phenoxy) is 2. The van der Waals surface area contributed by atoms with E-state index in [1.807, 2.05) is 43.3 Å². The molecule has 3 rings (SSSR count). The molecule has 2 N–H and O–H groups in total. The maximum Gasteiger partial charge on any atom is 0.127 e. The van der Waals surface area contributed by atoms with E-state index >= 15 is 0 Å². The second-order valence-corrected chi connectivity index (χ2v) is 5.96. The van der Waals surface area contributed by atoms with Gasteiger partial charge in [0.05, 0.1) is 7.11 Å². The number of rotatable bonds is 6. The number of hydrogen-bond donors (Lipinski definition) is 1. The number of para-hydroxylation sites is 1. The lowest BCUT2D eigenvalue weighted by Crippen LogP contribution is -2.02. The molecule has 0 aromatic heterocycles. The summed E-state index contributed by atoms with van der Waals surface area (Å²) in [5, 5.41) is 0. The minimum Gasteiger partial charge on any atom is -0.496 e. The van der Waals surface area contributed by atoms with E-state index in [0.29, 0.717) is 13.2 Å². The van der Waals surface area contributed by atoms with Gasteiger partial charge >= 0.3 is 0 Å². The maximum atomic E-state index is 6.09. The number of nitrogens with two attached hydrogens (primary N) is 1. The molecule has 3 aromatic rings. The van der Waals surface area contributed by atoms with Crippen LogP contribution in [0, 0.1) is 6.92 Å². The molecule has 0 spiro atoms. The van der Waals surface area contributed by atoms with E-state index in [1.54, 1.807) is 7.11 Å². The van der Waals surface area contributed by atoms with Crippen LogP contribution >= 0.6 is 0 Å². The van der Waals surface area contributed by atoms with E-state index in [9.17, 15) is 0 Å². The molecule has 3 aromatic carbocycles. The molecular formula is C22H23NO2. The molecule has 0 aliphatic carbocycles. The molecule has 128 valence electrons. The Morgan fingerprint density at radius 3 is 2.36 bits per heavy atom. The zero-order valence-electron chi connectivity index (χ0n) is 14.7. The van der Waals surface area contributed by atoms with Crippen molar-refractivity contribution in [2.45, 2.75) is 20.1 Å². The lowest BCUT2D eigenvalue weighted by Gasteiger charge is -2.16. The van der Waals surface area contributed by atoms with Crippen LogP contribution < -0.4 is 15.2 Å². The van der Waals surface area contributed by atoms with Gasteiger partial charge in [-0.05, 0) is 41.8 Å². The predicted octanol–water partition coefficient (Wildman–Crippen LogP) is 4.71. The van der Waals surface area contributed by atoms with Gasteiger partial charge in [0.1, 0.15) is 18.1 Å². The third-order valence-electron chi connectivity index (χ3n) is 4.21. The smallest absolute Gasteiger partial charge is 0.127 e. The van der Waals surface area contributed by atoms with E-state index in [4.69, 9.17) is 15.2 Å². The van der Waals surface area contributed by atoms with Crippen molar-refractivity contribution in [3.63, 3.8) is 0 Å². The monoisotopic (exact) mass is 333 g/mol. The molecule has 0 aliphatic heterocycles. The van der Waals surface area contributed by atoms with Gasteiger partial charge in [0.2, 0.25) is 0 Å². The molecule has 3 heteroatoms. The van der Waals surface area contributed by atoms with E-state index < -0.39 is 0 Å². The number of methoxy groups -OCH3 is 1. The number of aryl methyl sites for hydroxylation is 1. The fourth-order valence-corrected chi connectivity index (χ4v) is 3.01. The molecule has 0 amide bonds. The third-order valence-corrected chi connectivity index (χ3v) is 4.21. The van der Waals surface area contributed by atoms with Crippen molar-refractivity contribution in [2.75, 3.05) is 7.11 Å². The van der Waals surface area contributed by atoms with Crippen molar-refractivity contribution < 1.29 is 9.47 Å². The molecule has 25 heavy (non-hydrogen) atoms. The van der Waals surface area contributed by atoms with Crippen molar-refractivity contribution in [3.05, 3.63) is 83.4 Å². The molecule has 0 heterocycles. The molecule has 0 saturated carbocycles. The standard InChI is InChI=1S/C22H23NO2/c1-16-12-18(13-19(14-23)22(16)24-2)20-10-6-7-11-21(20)25-15-17-8-4-3-5-9-17/h3-13H,14-15,23H2,1-2H3. The van der Waals surface area contributed by atoms with Gasteiger partial charge in [-0.25, -0.2) is 0 Å². The van der Waals surface area contributed by atoms with Crippen LogP contribution in [-0.4, -0.2) is 7.11 Å². The molecule has 0 unspecified atom stereocenters. The minimum atomic E-state index is 0.435. The van der Waals surface area contributed by atoms with Crippen LogP contribution in [0.5, 0.6) is 11.5 Å². The fraction of sp³-hybridized carbons (Fsp3) is 0.182. The Balaban J connectivity index is 1.94. The van der Waals surface area contributed by atoms with Gasteiger partial charge in [0.15, 0.2) is 0 Å². The Bertz CT molecular complexity index is 844. The quantitative estimate of drug-likeness (QED) is 0.710. The molecule has 3 nitrogen and oxygen atoms in total. The van der Waals surface area contributed by atoms with Crippen LogP contribution in [0.2, 0.25) is 0 Å². The lowest BCUT2D eigenvalue weighted by atomic mass is 9.98. The van der Waals surface area contributed by atoms with Crippen LogP contribution in [-0.2, 0) is 13.2 Å². The van der Waals surface area contributed by atoms with Crippen molar-refractivity contribution in [3.8, 4) is 22.6 Å². The first kappa shape index (κ1) is 17.1. The van der Waals surface area contributed by atoms with Crippen molar-refractivity contribution >= 4 is 0 Å². The predicted molar refractivity (Wildman–Crippen MR) is 102 cm³/mol. The molecule has 0 aliphatic rings. The molecular weight excluding hydrogens is 310 g/mol. The van der Waals surface area contributed by atoms with Crippen molar-refractivity contribution in [1.82, 2.24) is 0 Å². The highest BCUT2D eigenvalue weighted by Gasteiger charge is 2.12. The Morgan fingerprint density at radius 1 is 0.920 bits per heavy atom. The molecule has 0 saturated heterocycles. The maximum absolute atomic E-state index is 6.09. The van der Waals surface area contributed by atoms with Gasteiger partial charge in [0, 0.05) is 17.7 Å². The van der Waals surface area contributed by atoms with Crippen LogP contribution in [0.25, 0.3) is 11.1 Å². The molecule has 0 fully saturated rings. The van der Waals surface area contributed by atoms with Gasteiger partial charge in [-0.3, -0.25) is 0 Å². The number of benzene rings is 3.